The highest BCUT2D eigenvalue weighted by atomic mass is 16.3. The van der Waals surface area contributed by atoms with Gasteiger partial charge in [-0.05, 0) is 49.9 Å². The van der Waals surface area contributed by atoms with Gasteiger partial charge < -0.3 is 10.4 Å². The quantitative estimate of drug-likeness (QED) is 0.843. The van der Waals surface area contributed by atoms with Crippen molar-refractivity contribution in [2.75, 3.05) is 0 Å². The number of phenolic OH excluding ortho intramolecular Hbond substituents is 1. The van der Waals surface area contributed by atoms with Crippen molar-refractivity contribution in [2.24, 2.45) is 5.92 Å². The molecule has 0 spiro atoms. The molecular formula is C14H19NO2. The molecule has 17 heavy (non-hydrogen) atoms. The largest absolute Gasteiger partial charge is 0.508 e. The van der Waals surface area contributed by atoms with E-state index in [1.165, 1.54) is 37.8 Å². The normalized spacial score (nSPS) is 17.9. The van der Waals surface area contributed by atoms with Crippen LogP contribution in [0, 0.1) is 5.92 Å². The topological polar surface area (TPSA) is 49.3 Å². The van der Waals surface area contributed by atoms with Crippen LogP contribution in [0.3, 0.4) is 0 Å². The summed E-state index contributed by atoms with van der Waals surface area (Å²) in [6.07, 6.45) is 5.00. The maximum absolute atomic E-state index is 11.9. The summed E-state index contributed by atoms with van der Waals surface area (Å²) in [5.74, 6) is 0.755. The van der Waals surface area contributed by atoms with Gasteiger partial charge in [-0.2, -0.15) is 0 Å². The van der Waals surface area contributed by atoms with E-state index in [1.807, 2.05) is 0 Å². The van der Waals surface area contributed by atoms with E-state index in [0.29, 0.717) is 11.5 Å². The molecule has 1 saturated carbocycles. The van der Waals surface area contributed by atoms with Crippen LogP contribution in [-0.2, 0) is 0 Å². The van der Waals surface area contributed by atoms with Gasteiger partial charge >= 0.3 is 0 Å². The lowest BCUT2D eigenvalue weighted by Gasteiger charge is -2.20. The van der Waals surface area contributed by atoms with Gasteiger partial charge in [0.1, 0.15) is 5.75 Å². The van der Waals surface area contributed by atoms with Crippen molar-refractivity contribution in [2.45, 2.75) is 38.6 Å². The third kappa shape index (κ3) is 2.99. The van der Waals surface area contributed by atoms with Crippen molar-refractivity contribution >= 4 is 5.91 Å². The van der Waals surface area contributed by atoms with Gasteiger partial charge in [-0.1, -0.05) is 12.8 Å². The molecular weight excluding hydrogens is 214 g/mol. The molecule has 92 valence electrons. The van der Waals surface area contributed by atoms with Gasteiger partial charge in [-0.3, -0.25) is 4.79 Å². The summed E-state index contributed by atoms with van der Waals surface area (Å²) in [4.78, 5) is 11.9. The van der Waals surface area contributed by atoms with E-state index in [0.717, 1.165) is 0 Å². The molecule has 1 aliphatic carbocycles. The van der Waals surface area contributed by atoms with Crippen LogP contribution < -0.4 is 5.32 Å². The van der Waals surface area contributed by atoms with E-state index in [-0.39, 0.29) is 17.7 Å². The Bertz CT molecular complexity index is 380. The van der Waals surface area contributed by atoms with Crippen LogP contribution in [0.2, 0.25) is 0 Å². The number of hydrogen-bond acceptors (Lipinski definition) is 2. The van der Waals surface area contributed by atoms with Crippen molar-refractivity contribution in [3.63, 3.8) is 0 Å². The van der Waals surface area contributed by atoms with Gasteiger partial charge in [0.05, 0.1) is 0 Å². The predicted octanol–water partition coefficient (Wildman–Crippen LogP) is 2.70. The Labute approximate surface area is 102 Å². The van der Waals surface area contributed by atoms with Crippen molar-refractivity contribution in [1.29, 1.82) is 0 Å². The highest BCUT2D eigenvalue weighted by molar-refractivity contribution is 5.94. The van der Waals surface area contributed by atoms with Crippen molar-refractivity contribution in [3.05, 3.63) is 29.8 Å². The van der Waals surface area contributed by atoms with Gasteiger partial charge in [0, 0.05) is 11.6 Å². The molecule has 3 heteroatoms. The monoisotopic (exact) mass is 233 g/mol. The molecule has 1 aromatic carbocycles. The number of rotatable bonds is 3. The smallest absolute Gasteiger partial charge is 0.251 e. The molecule has 0 aliphatic heterocycles. The highest BCUT2D eigenvalue weighted by Crippen LogP contribution is 2.27. The van der Waals surface area contributed by atoms with E-state index >= 15 is 0 Å². The Hall–Kier alpha value is -1.51. The first-order valence-corrected chi connectivity index (χ1v) is 6.26. The first-order chi connectivity index (χ1) is 8.16. The lowest BCUT2D eigenvalue weighted by Crippen LogP contribution is -2.37. The average molecular weight is 233 g/mol. The maximum Gasteiger partial charge on any atom is 0.251 e. The maximum atomic E-state index is 11.9. The number of nitrogens with one attached hydrogen (secondary N) is 1. The summed E-state index contributed by atoms with van der Waals surface area (Å²) in [5, 5.41) is 12.2. The molecule has 0 bridgehead atoms. The summed E-state index contributed by atoms with van der Waals surface area (Å²) in [6, 6.07) is 6.60. The molecule has 3 nitrogen and oxygen atoms in total. The lowest BCUT2D eigenvalue weighted by molar-refractivity contribution is 0.0927. The molecule has 0 saturated heterocycles. The van der Waals surface area contributed by atoms with Gasteiger partial charge in [0.25, 0.3) is 5.91 Å². The van der Waals surface area contributed by atoms with E-state index in [2.05, 4.69) is 12.2 Å². The molecule has 1 amide bonds. The first kappa shape index (κ1) is 12.0. The van der Waals surface area contributed by atoms with E-state index in [9.17, 15) is 4.79 Å². The van der Waals surface area contributed by atoms with Crippen molar-refractivity contribution in [3.8, 4) is 5.75 Å². The second kappa shape index (κ2) is 5.21. The number of benzene rings is 1. The Morgan fingerprint density at radius 1 is 1.29 bits per heavy atom. The average Bonchev–Trinajstić information content (AvgIpc) is 2.83. The minimum Gasteiger partial charge on any atom is -0.508 e. The molecule has 0 heterocycles. The number of carbonyl (C=O) groups is 1. The minimum absolute atomic E-state index is 0.0515. The van der Waals surface area contributed by atoms with Crippen LogP contribution >= 0.6 is 0 Å². The standard InChI is InChI=1S/C14H19NO2/c1-10(11-4-2-3-5-11)15-14(17)12-6-8-13(16)9-7-12/h6-11,16H,2-5H2,1H3,(H,15,17). The Morgan fingerprint density at radius 3 is 2.47 bits per heavy atom. The Kier molecular flexibility index (Phi) is 3.67. The van der Waals surface area contributed by atoms with Gasteiger partial charge in [0.15, 0.2) is 0 Å². The summed E-state index contributed by atoms with van der Waals surface area (Å²) in [6.45, 7) is 2.08. The fourth-order valence-electron chi connectivity index (χ4n) is 2.48. The molecule has 0 aromatic heterocycles. The fraction of sp³-hybridized carbons (Fsp3) is 0.500. The number of phenols is 1. The van der Waals surface area contributed by atoms with Crippen LogP contribution in [-0.4, -0.2) is 17.1 Å². The van der Waals surface area contributed by atoms with Crippen LogP contribution in [0.4, 0.5) is 0 Å². The van der Waals surface area contributed by atoms with Crippen LogP contribution in [0.25, 0.3) is 0 Å². The van der Waals surface area contributed by atoms with Crippen molar-refractivity contribution in [1.82, 2.24) is 5.32 Å². The molecule has 1 atom stereocenters. The second-order valence-electron chi connectivity index (χ2n) is 4.85. The summed E-state index contributed by atoms with van der Waals surface area (Å²) in [7, 11) is 0. The van der Waals surface area contributed by atoms with Gasteiger partial charge in [0.2, 0.25) is 0 Å². The third-order valence-corrected chi connectivity index (χ3v) is 3.60. The zero-order chi connectivity index (χ0) is 12.3. The number of carbonyl (C=O) groups excluding carboxylic acids is 1. The molecule has 2 N–H and O–H groups in total. The number of aromatic hydroxyl groups is 1. The van der Waals surface area contributed by atoms with E-state index in [1.54, 1.807) is 12.1 Å². The number of hydrogen-bond donors (Lipinski definition) is 2. The Balaban J connectivity index is 1.94. The predicted molar refractivity (Wildman–Crippen MR) is 67.0 cm³/mol. The SMILES string of the molecule is CC(NC(=O)c1ccc(O)cc1)C1CCCC1. The fourth-order valence-corrected chi connectivity index (χ4v) is 2.48. The first-order valence-electron chi connectivity index (χ1n) is 6.26. The highest BCUT2D eigenvalue weighted by Gasteiger charge is 2.22. The van der Waals surface area contributed by atoms with E-state index in [4.69, 9.17) is 5.11 Å². The lowest BCUT2D eigenvalue weighted by atomic mass is 9.99. The van der Waals surface area contributed by atoms with Gasteiger partial charge in [-0.25, -0.2) is 0 Å². The number of amides is 1. The molecule has 1 fully saturated rings. The molecule has 1 aliphatic rings. The summed E-state index contributed by atoms with van der Waals surface area (Å²) < 4.78 is 0. The summed E-state index contributed by atoms with van der Waals surface area (Å²) >= 11 is 0. The second-order valence-corrected chi connectivity index (χ2v) is 4.85. The zero-order valence-electron chi connectivity index (χ0n) is 10.1. The van der Waals surface area contributed by atoms with Crippen LogP contribution in [0.15, 0.2) is 24.3 Å². The van der Waals surface area contributed by atoms with E-state index < -0.39 is 0 Å². The van der Waals surface area contributed by atoms with Crippen molar-refractivity contribution < 1.29 is 9.90 Å². The molecule has 0 radical (unpaired) electrons. The van der Waals surface area contributed by atoms with Gasteiger partial charge in [-0.15, -0.1) is 0 Å². The molecule has 2 rings (SSSR count). The van der Waals surface area contributed by atoms with Crippen LogP contribution in [0.1, 0.15) is 43.0 Å². The minimum atomic E-state index is -0.0515. The van der Waals surface area contributed by atoms with Crippen LogP contribution in [0.5, 0.6) is 5.75 Å². The third-order valence-electron chi connectivity index (χ3n) is 3.60. The zero-order valence-corrected chi connectivity index (χ0v) is 10.1. The summed E-state index contributed by atoms with van der Waals surface area (Å²) in [5.41, 5.74) is 0.604. The molecule has 1 unspecified atom stereocenters. The molecule has 1 aromatic rings. The Morgan fingerprint density at radius 2 is 1.88 bits per heavy atom.